The van der Waals surface area contributed by atoms with E-state index in [2.05, 4.69) is 11.2 Å². The first-order valence-corrected chi connectivity index (χ1v) is 10.4. The number of alkyl carbamates (subject to hydrolysis) is 1. The first-order chi connectivity index (χ1) is 16.0. The number of nitriles is 1. The third-order valence-corrected chi connectivity index (χ3v) is 5.44. The Hall–Kier alpha value is -4.30. The average Bonchev–Trinajstić information content (AvgIpc) is 3.13. The monoisotopic (exact) mass is 445 g/mol. The highest BCUT2D eigenvalue weighted by atomic mass is 16.5. The van der Waals surface area contributed by atoms with Crippen molar-refractivity contribution in [3.63, 3.8) is 0 Å². The van der Waals surface area contributed by atoms with Crippen LogP contribution < -0.4 is 5.32 Å². The van der Waals surface area contributed by atoms with E-state index >= 15 is 0 Å². The SMILES string of the molecule is C#CCN(CC#N)C(=O)C(CCC(=O)O)NC(=O)OCC1c2ccccc2-c2ccccc21. The number of amides is 2. The summed E-state index contributed by atoms with van der Waals surface area (Å²) in [7, 11) is 0. The van der Waals surface area contributed by atoms with Gasteiger partial charge in [0.05, 0.1) is 12.6 Å². The summed E-state index contributed by atoms with van der Waals surface area (Å²) < 4.78 is 5.45. The summed E-state index contributed by atoms with van der Waals surface area (Å²) in [6.07, 6.45) is 3.90. The minimum absolute atomic E-state index is 0.0476. The Morgan fingerprint density at radius 2 is 1.70 bits per heavy atom. The smallest absolute Gasteiger partial charge is 0.407 e. The lowest BCUT2D eigenvalue weighted by Crippen LogP contribution is -2.49. The van der Waals surface area contributed by atoms with Crippen LogP contribution in [0.25, 0.3) is 11.1 Å². The maximum Gasteiger partial charge on any atom is 0.407 e. The van der Waals surface area contributed by atoms with E-state index in [-0.39, 0.29) is 38.5 Å². The highest BCUT2D eigenvalue weighted by Crippen LogP contribution is 2.44. The number of ether oxygens (including phenoxy) is 1. The number of carboxylic acid groups (broad SMARTS) is 1. The van der Waals surface area contributed by atoms with Gasteiger partial charge in [-0.1, -0.05) is 54.5 Å². The van der Waals surface area contributed by atoms with E-state index in [4.69, 9.17) is 21.5 Å². The van der Waals surface area contributed by atoms with Gasteiger partial charge in [0, 0.05) is 12.3 Å². The number of hydrogen-bond acceptors (Lipinski definition) is 5. The lowest BCUT2D eigenvalue weighted by Gasteiger charge is -2.24. The third-order valence-electron chi connectivity index (χ3n) is 5.44. The number of hydrogen-bond donors (Lipinski definition) is 2. The number of carbonyl (C=O) groups is 3. The van der Waals surface area contributed by atoms with Crippen LogP contribution in [0, 0.1) is 23.7 Å². The van der Waals surface area contributed by atoms with E-state index in [1.807, 2.05) is 54.6 Å². The Morgan fingerprint density at radius 3 is 2.24 bits per heavy atom. The molecule has 0 aromatic heterocycles. The van der Waals surface area contributed by atoms with Gasteiger partial charge in [-0.15, -0.1) is 6.42 Å². The van der Waals surface area contributed by atoms with Gasteiger partial charge in [-0.3, -0.25) is 9.59 Å². The molecule has 0 saturated carbocycles. The van der Waals surface area contributed by atoms with Crippen LogP contribution in [-0.2, 0) is 14.3 Å². The molecular formula is C25H23N3O5. The van der Waals surface area contributed by atoms with Crippen LogP contribution in [0.5, 0.6) is 0 Å². The van der Waals surface area contributed by atoms with Gasteiger partial charge in [0.1, 0.15) is 19.2 Å². The molecule has 0 fully saturated rings. The Bertz CT molecular complexity index is 1070. The van der Waals surface area contributed by atoms with E-state index < -0.39 is 24.0 Å². The maximum atomic E-state index is 12.8. The molecule has 8 nitrogen and oxygen atoms in total. The second kappa shape index (κ2) is 10.8. The molecule has 2 aromatic carbocycles. The van der Waals surface area contributed by atoms with Crippen molar-refractivity contribution in [2.45, 2.75) is 24.8 Å². The van der Waals surface area contributed by atoms with E-state index in [0.717, 1.165) is 27.2 Å². The first kappa shape index (κ1) is 23.4. The van der Waals surface area contributed by atoms with Gasteiger partial charge in [0.15, 0.2) is 0 Å². The van der Waals surface area contributed by atoms with Crippen LogP contribution in [0.3, 0.4) is 0 Å². The van der Waals surface area contributed by atoms with Crippen molar-refractivity contribution in [2.24, 2.45) is 0 Å². The summed E-state index contributed by atoms with van der Waals surface area (Å²) in [5.74, 6) is 0.367. The molecule has 1 unspecified atom stereocenters. The van der Waals surface area contributed by atoms with Crippen molar-refractivity contribution in [3.05, 3.63) is 59.7 Å². The molecule has 0 radical (unpaired) electrons. The summed E-state index contributed by atoms with van der Waals surface area (Å²) in [5.41, 5.74) is 4.24. The van der Waals surface area contributed by atoms with Gasteiger partial charge >= 0.3 is 12.1 Å². The predicted octanol–water partition coefficient (Wildman–Crippen LogP) is 2.74. The summed E-state index contributed by atoms with van der Waals surface area (Å²) in [5, 5.41) is 20.4. The predicted molar refractivity (Wildman–Crippen MR) is 120 cm³/mol. The molecule has 3 rings (SSSR count). The second-order valence-corrected chi connectivity index (χ2v) is 7.51. The van der Waals surface area contributed by atoms with Gasteiger partial charge in [-0.05, 0) is 28.7 Å². The molecular weight excluding hydrogens is 422 g/mol. The van der Waals surface area contributed by atoms with E-state index in [1.165, 1.54) is 0 Å². The van der Waals surface area contributed by atoms with E-state index in [1.54, 1.807) is 0 Å². The van der Waals surface area contributed by atoms with Crippen LogP contribution in [0.1, 0.15) is 29.9 Å². The van der Waals surface area contributed by atoms with Gasteiger partial charge in [-0.2, -0.15) is 5.26 Å². The molecule has 168 valence electrons. The fraction of sp³-hybridized carbons (Fsp3) is 0.280. The molecule has 1 aliphatic carbocycles. The lowest BCUT2D eigenvalue weighted by molar-refractivity contribution is -0.137. The topological polar surface area (TPSA) is 120 Å². The van der Waals surface area contributed by atoms with Crippen molar-refractivity contribution in [1.82, 2.24) is 10.2 Å². The van der Waals surface area contributed by atoms with Crippen LogP contribution in [-0.4, -0.2) is 53.7 Å². The van der Waals surface area contributed by atoms with Gasteiger partial charge in [0.25, 0.3) is 0 Å². The number of nitrogens with zero attached hydrogens (tertiary/aromatic N) is 2. The Morgan fingerprint density at radius 1 is 1.09 bits per heavy atom. The number of rotatable bonds is 9. The molecule has 0 heterocycles. The number of fused-ring (bicyclic) bond motifs is 3. The third kappa shape index (κ3) is 5.50. The zero-order valence-corrected chi connectivity index (χ0v) is 17.9. The zero-order valence-electron chi connectivity index (χ0n) is 17.9. The molecule has 1 atom stereocenters. The Labute approximate surface area is 191 Å². The standard InChI is InChI=1S/C25H23N3O5/c1-2-14-28(15-13-26)24(31)22(11-12-23(29)30)27-25(32)33-16-21-19-9-5-3-7-17(19)18-8-4-6-10-20(18)21/h1,3-10,21-22H,11-12,14-16H2,(H,27,32)(H,29,30). The van der Waals surface area contributed by atoms with Crippen LogP contribution in [0.4, 0.5) is 4.79 Å². The number of terminal acetylenes is 1. The Balaban J connectivity index is 1.70. The molecule has 2 amide bonds. The lowest BCUT2D eigenvalue weighted by atomic mass is 9.98. The minimum atomic E-state index is -1.18. The molecule has 2 aromatic rings. The fourth-order valence-corrected chi connectivity index (χ4v) is 3.94. The highest BCUT2D eigenvalue weighted by Gasteiger charge is 2.30. The molecule has 8 heteroatoms. The van der Waals surface area contributed by atoms with Gasteiger partial charge in [0.2, 0.25) is 5.91 Å². The van der Waals surface area contributed by atoms with E-state index in [9.17, 15) is 14.4 Å². The maximum absolute atomic E-state index is 12.8. The normalized spacial score (nSPS) is 12.4. The molecule has 1 aliphatic rings. The number of carboxylic acids is 1. The summed E-state index contributed by atoms with van der Waals surface area (Å²) in [6.45, 7) is -0.368. The van der Waals surface area contributed by atoms with Crippen molar-refractivity contribution in [3.8, 4) is 29.5 Å². The van der Waals surface area contributed by atoms with Crippen molar-refractivity contribution in [1.29, 1.82) is 5.26 Å². The number of benzene rings is 2. The quantitative estimate of drug-likeness (QED) is 0.452. The van der Waals surface area contributed by atoms with Crippen LogP contribution in [0.2, 0.25) is 0 Å². The van der Waals surface area contributed by atoms with Gasteiger partial charge < -0.3 is 20.1 Å². The van der Waals surface area contributed by atoms with Crippen LogP contribution >= 0.6 is 0 Å². The first-order valence-electron chi connectivity index (χ1n) is 10.4. The summed E-state index contributed by atoms with van der Waals surface area (Å²) in [6, 6.07) is 16.4. The largest absolute Gasteiger partial charge is 0.481 e. The zero-order chi connectivity index (χ0) is 23.8. The van der Waals surface area contributed by atoms with Crippen molar-refractivity contribution >= 4 is 18.0 Å². The molecule has 0 spiro atoms. The number of aliphatic carboxylic acids is 1. The minimum Gasteiger partial charge on any atom is -0.481 e. The highest BCUT2D eigenvalue weighted by molar-refractivity contribution is 5.86. The summed E-state index contributed by atoms with van der Waals surface area (Å²) >= 11 is 0. The van der Waals surface area contributed by atoms with Crippen LogP contribution in [0.15, 0.2) is 48.5 Å². The molecule has 33 heavy (non-hydrogen) atoms. The second-order valence-electron chi connectivity index (χ2n) is 7.51. The summed E-state index contributed by atoms with van der Waals surface area (Å²) in [4.78, 5) is 37.4. The number of carbonyl (C=O) groups excluding carboxylic acids is 2. The van der Waals surface area contributed by atoms with Gasteiger partial charge in [-0.25, -0.2) is 4.79 Å². The molecule has 0 aliphatic heterocycles. The molecule has 2 N–H and O–H groups in total. The van der Waals surface area contributed by atoms with Crippen molar-refractivity contribution < 1.29 is 24.2 Å². The van der Waals surface area contributed by atoms with Crippen molar-refractivity contribution in [2.75, 3.05) is 19.7 Å². The average molecular weight is 445 g/mol. The molecule has 0 saturated heterocycles. The van der Waals surface area contributed by atoms with E-state index in [0.29, 0.717) is 0 Å². The molecule has 0 bridgehead atoms. The Kier molecular flexibility index (Phi) is 7.67. The fourth-order valence-electron chi connectivity index (χ4n) is 3.94. The number of nitrogens with one attached hydrogen (secondary N) is 1.